The zero-order chi connectivity index (χ0) is 12.4. The Morgan fingerprint density at radius 3 is 2.83 bits per heavy atom. The van der Waals surface area contributed by atoms with Crippen LogP contribution in [0.15, 0.2) is 36.5 Å². The van der Waals surface area contributed by atoms with E-state index in [1.165, 1.54) is 11.3 Å². The molecule has 92 valence electrons. The fourth-order valence-electron chi connectivity index (χ4n) is 1.48. The van der Waals surface area contributed by atoms with Gasteiger partial charge in [0.25, 0.3) is 11.1 Å². The zero-order valence-corrected chi connectivity index (χ0v) is 10.4. The van der Waals surface area contributed by atoms with Gasteiger partial charge < -0.3 is 10.1 Å². The highest BCUT2D eigenvalue weighted by molar-refractivity contribution is 7.15. The minimum Gasteiger partial charge on any atom is -0.431 e. The van der Waals surface area contributed by atoms with Gasteiger partial charge in [-0.15, -0.1) is 0 Å². The maximum absolute atomic E-state index is 11.8. The average molecular weight is 260 g/mol. The number of rotatable bonds is 4. The molecule has 1 aliphatic carbocycles. The van der Waals surface area contributed by atoms with Gasteiger partial charge in [-0.3, -0.25) is 4.79 Å². The van der Waals surface area contributed by atoms with Crippen molar-refractivity contribution in [2.24, 2.45) is 0 Å². The predicted octanol–water partition coefficient (Wildman–Crippen LogP) is 2.83. The summed E-state index contributed by atoms with van der Waals surface area (Å²) in [6, 6.07) is 9.77. The number of nitrogens with one attached hydrogen (secondary N) is 1. The number of para-hydroxylation sites is 1. The summed E-state index contributed by atoms with van der Waals surface area (Å²) in [5.41, 5.74) is 0. The monoisotopic (exact) mass is 260 g/mol. The summed E-state index contributed by atoms with van der Waals surface area (Å²) < 4.78 is 5.56. The molecule has 3 rings (SSSR count). The van der Waals surface area contributed by atoms with Crippen LogP contribution in [0.5, 0.6) is 10.9 Å². The number of hydrogen-bond acceptors (Lipinski definition) is 4. The van der Waals surface area contributed by atoms with Crippen LogP contribution < -0.4 is 10.1 Å². The van der Waals surface area contributed by atoms with Crippen LogP contribution in [-0.2, 0) is 0 Å². The van der Waals surface area contributed by atoms with E-state index >= 15 is 0 Å². The first kappa shape index (κ1) is 11.2. The molecule has 0 bridgehead atoms. The van der Waals surface area contributed by atoms with Crippen LogP contribution in [0.1, 0.15) is 22.5 Å². The largest absolute Gasteiger partial charge is 0.431 e. The Hall–Kier alpha value is -1.88. The van der Waals surface area contributed by atoms with Gasteiger partial charge in [0.15, 0.2) is 0 Å². The molecule has 0 atom stereocenters. The number of ether oxygens (including phenoxy) is 1. The first-order valence-electron chi connectivity index (χ1n) is 5.81. The second-order valence-electron chi connectivity index (χ2n) is 4.15. The number of carbonyl (C=O) groups is 1. The summed E-state index contributed by atoms with van der Waals surface area (Å²) in [6.07, 6.45) is 3.72. The number of benzene rings is 1. The van der Waals surface area contributed by atoms with Crippen LogP contribution in [0.4, 0.5) is 0 Å². The second-order valence-corrected chi connectivity index (χ2v) is 5.15. The van der Waals surface area contributed by atoms with Crippen molar-refractivity contribution in [3.8, 4) is 10.9 Å². The first-order valence-corrected chi connectivity index (χ1v) is 6.62. The summed E-state index contributed by atoms with van der Waals surface area (Å²) in [4.78, 5) is 16.5. The lowest BCUT2D eigenvalue weighted by molar-refractivity contribution is 0.0955. The van der Waals surface area contributed by atoms with E-state index in [0.29, 0.717) is 16.1 Å². The van der Waals surface area contributed by atoms with Crippen LogP contribution in [0, 0.1) is 0 Å². The fraction of sp³-hybridized carbons (Fsp3) is 0.231. The van der Waals surface area contributed by atoms with Crippen molar-refractivity contribution in [3.63, 3.8) is 0 Å². The van der Waals surface area contributed by atoms with Gasteiger partial charge in [0.1, 0.15) is 10.6 Å². The molecule has 1 heterocycles. The Morgan fingerprint density at radius 1 is 1.33 bits per heavy atom. The third-order valence-electron chi connectivity index (χ3n) is 2.57. The molecular weight excluding hydrogens is 248 g/mol. The Labute approximate surface area is 109 Å². The molecule has 0 unspecified atom stereocenters. The molecule has 1 aromatic heterocycles. The highest BCUT2D eigenvalue weighted by Crippen LogP contribution is 2.27. The van der Waals surface area contributed by atoms with Crippen LogP contribution in [0.2, 0.25) is 0 Å². The van der Waals surface area contributed by atoms with E-state index in [1.54, 1.807) is 6.20 Å². The van der Waals surface area contributed by atoms with E-state index in [2.05, 4.69) is 10.3 Å². The number of hydrogen-bond donors (Lipinski definition) is 1. The van der Waals surface area contributed by atoms with Crippen molar-refractivity contribution < 1.29 is 9.53 Å². The molecule has 0 saturated heterocycles. The molecule has 0 aliphatic heterocycles. The average Bonchev–Trinajstić information content (AvgIpc) is 3.07. The van der Waals surface area contributed by atoms with Gasteiger partial charge >= 0.3 is 0 Å². The maximum atomic E-state index is 11.8. The summed E-state index contributed by atoms with van der Waals surface area (Å²) in [6.45, 7) is 0. The van der Waals surface area contributed by atoms with Gasteiger partial charge in [-0.25, -0.2) is 4.98 Å². The lowest BCUT2D eigenvalue weighted by atomic mass is 10.3. The molecule has 4 nitrogen and oxygen atoms in total. The molecule has 1 aromatic carbocycles. The molecular formula is C13H12N2O2S. The fourth-order valence-corrected chi connectivity index (χ4v) is 2.17. The normalized spacial score (nSPS) is 14.2. The Morgan fingerprint density at radius 2 is 2.11 bits per heavy atom. The van der Waals surface area contributed by atoms with E-state index in [-0.39, 0.29) is 5.91 Å². The Balaban J connectivity index is 1.67. The van der Waals surface area contributed by atoms with E-state index in [9.17, 15) is 4.79 Å². The van der Waals surface area contributed by atoms with E-state index in [0.717, 1.165) is 18.6 Å². The van der Waals surface area contributed by atoms with Crippen molar-refractivity contribution in [1.82, 2.24) is 10.3 Å². The summed E-state index contributed by atoms with van der Waals surface area (Å²) in [5.74, 6) is 0.666. The summed E-state index contributed by atoms with van der Waals surface area (Å²) >= 11 is 1.26. The molecule has 1 fully saturated rings. The van der Waals surface area contributed by atoms with Crippen LogP contribution in [-0.4, -0.2) is 16.9 Å². The Kier molecular flexibility index (Phi) is 2.98. The number of carbonyl (C=O) groups excluding carboxylic acids is 1. The van der Waals surface area contributed by atoms with E-state index in [1.807, 2.05) is 30.3 Å². The highest BCUT2D eigenvalue weighted by Gasteiger charge is 2.24. The standard InChI is InChI=1S/C13H12N2O2S/c16-12(15-9-6-7-9)11-8-14-13(18-11)17-10-4-2-1-3-5-10/h1-5,8-9H,6-7H2,(H,15,16). The highest BCUT2D eigenvalue weighted by atomic mass is 32.1. The van der Waals surface area contributed by atoms with Gasteiger partial charge in [0, 0.05) is 6.04 Å². The molecule has 5 heteroatoms. The molecule has 18 heavy (non-hydrogen) atoms. The predicted molar refractivity (Wildman–Crippen MR) is 69.1 cm³/mol. The number of amides is 1. The minimum atomic E-state index is -0.0575. The third kappa shape index (κ3) is 2.68. The zero-order valence-electron chi connectivity index (χ0n) is 9.63. The second kappa shape index (κ2) is 4.78. The number of thiazole rings is 1. The van der Waals surface area contributed by atoms with E-state index < -0.39 is 0 Å². The number of aromatic nitrogens is 1. The van der Waals surface area contributed by atoms with Crippen LogP contribution in [0.3, 0.4) is 0 Å². The molecule has 1 saturated carbocycles. The van der Waals surface area contributed by atoms with Crippen LogP contribution >= 0.6 is 11.3 Å². The molecule has 0 spiro atoms. The van der Waals surface area contributed by atoms with E-state index in [4.69, 9.17) is 4.74 Å². The molecule has 1 amide bonds. The van der Waals surface area contributed by atoms with Gasteiger partial charge in [0.2, 0.25) is 0 Å². The smallest absolute Gasteiger partial charge is 0.279 e. The third-order valence-corrected chi connectivity index (χ3v) is 3.44. The van der Waals surface area contributed by atoms with Gasteiger partial charge in [-0.05, 0) is 25.0 Å². The Bertz CT molecular complexity index is 549. The van der Waals surface area contributed by atoms with Crippen molar-refractivity contribution in [2.75, 3.05) is 0 Å². The topological polar surface area (TPSA) is 51.2 Å². The van der Waals surface area contributed by atoms with Gasteiger partial charge in [-0.1, -0.05) is 29.5 Å². The lowest BCUT2D eigenvalue weighted by Crippen LogP contribution is -2.24. The minimum absolute atomic E-state index is 0.0575. The van der Waals surface area contributed by atoms with Gasteiger partial charge in [0.05, 0.1) is 6.20 Å². The lowest BCUT2D eigenvalue weighted by Gasteiger charge is -2.00. The van der Waals surface area contributed by atoms with Crippen molar-refractivity contribution >= 4 is 17.2 Å². The van der Waals surface area contributed by atoms with Crippen LogP contribution in [0.25, 0.3) is 0 Å². The van der Waals surface area contributed by atoms with Crippen molar-refractivity contribution in [1.29, 1.82) is 0 Å². The number of nitrogens with zero attached hydrogens (tertiary/aromatic N) is 1. The first-order chi connectivity index (χ1) is 8.81. The van der Waals surface area contributed by atoms with Crippen molar-refractivity contribution in [3.05, 3.63) is 41.4 Å². The quantitative estimate of drug-likeness (QED) is 0.919. The SMILES string of the molecule is O=C(NC1CC1)c1cnc(Oc2ccccc2)s1. The molecule has 0 radical (unpaired) electrons. The molecule has 2 aromatic rings. The summed E-state index contributed by atoms with van der Waals surface area (Å²) in [7, 11) is 0. The van der Waals surface area contributed by atoms with Gasteiger partial charge in [-0.2, -0.15) is 0 Å². The van der Waals surface area contributed by atoms with Crippen molar-refractivity contribution in [2.45, 2.75) is 18.9 Å². The maximum Gasteiger partial charge on any atom is 0.279 e. The molecule has 1 aliphatic rings. The molecule has 1 N–H and O–H groups in total. The summed E-state index contributed by atoms with van der Waals surface area (Å²) in [5, 5.41) is 3.41.